The number of likely N-dealkylation sites (tertiary alicyclic amines) is 1. The quantitative estimate of drug-likeness (QED) is 0.795. The first kappa shape index (κ1) is 14.3. The third-order valence-corrected chi connectivity index (χ3v) is 5.30. The zero-order chi connectivity index (χ0) is 14.2. The molecule has 0 aliphatic carbocycles. The number of sulfonamides is 1. The summed E-state index contributed by atoms with van der Waals surface area (Å²) >= 11 is 0. The van der Waals surface area contributed by atoms with E-state index >= 15 is 0 Å². The van der Waals surface area contributed by atoms with Crippen molar-refractivity contribution < 1.29 is 8.42 Å². The fourth-order valence-corrected chi connectivity index (χ4v) is 3.98. The molecule has 1 aromatic heterocycles. The predicted octanol–water partition coefficient (Wildman–Crippen LogP) is -0.317. The summed E-state index contributed by atoms with van der Waals surface area (Å²) in [5, 5.41) is 3.95. The number of nitrogen functional groups attached to an aromatic ring is 1. The molecule has 8 heteroatoms. The Morgan fingerprint density at radius 3 is 2.37 bits per heavy atom. The fraction of sp³-hybridized carbons (Fsp3) is 0.727. The second kappa shape index (κ2) is 5.10. The van der Waals surface area contributed by atoms with Crippen molar-refractivity contribution in [2.24, 2.45) is 7.05 Å². The van der Waals surface area contributed by atoms with E-state index in [0.717, 1.165) is 25.9 Å². The minimum atomic E-state index is -3.59. The van der Waals surface area contributed by atoms with Crippen LogP contribution in [-0.2, 0) is 17.1 Å². The molecule has 0 atom stereocenters. The van der Waals surface area contributed by atoms with Gasteiger partial charge in [-0.15, -0.1) is 0 Å². The molecule has 0 amide bonds. The molecular formula is C11H21N5O2S. The van der Waals surface area contributed by atoms with Gasteiger partial charge in [0.2, 0.25) is 10.0 Å². The monoisotopic (exact) mass is 287 g/mol. The lowest BCUT2D eigenvalue weighted by molar-refractivity contribution is 0.248. The van der Waals surface area contributed by atoms with Gasteiger partial charge in [0.05, 0.1) is 5.69 Å². The summed E-state index contributed by atoms with van der Waals surface area (Å²) in [6.45, 7) is 3.50. The van der Waals surface area contributed by atoms with E-state index in [0.29, 0.717) is 5.69 Å². The summed E-state index contributed by atoms with van der Waals surface area (Å²) in [7, 11) is 0.122. The zero-order valence-corrected chi connectivity index (χ0v) is 12.4. The highest BCUT2D eigenvalue weighted by atomic mass is 32.2. The van der Waals surface area contributed by atoms with Crippen LogP contribution in [0, 0.1) is 6.92 Å². The molecule has 1 saturated heterocycles. The maximum Gasteiger partial charge on any atom is 0.246 e. The van der Waals surface area contributed by atoms with Crippen LogP contribution in [0.5, 0.6) is 0 Å². The fourth-order valence-electron chi connectivity index (χ4n) is 2.35. The van der Waals surface area contributed by atoms with Crippen LogP contribution in [-0.4, -0.2) is 49.3 Å². The number of anilines is 1. The third-order valence-electron chi connectivity index (χ3n) is 3.61. The molecule has 2 heterocycles. The second-order valence-electron chi connectivity index (χ2n) is 5.12. The van der Waals surface area contributed by atoms with Gasteiger partial charge in [-0.3, -0.25) is 4.68 Å². The largest absolute Gasteiger partial charge is 0.381 e. The lowest BCUT2D eigenvalue weighted by Crippen LogP contribution is -2.43. The van der Waals surface area contributed by atoms with Crippen LogP contribution in [0.1, 0.15) is 18.5 Å². The molecule has 3 N–H and O–H groups in total. The van der Waals surface area contributed by atoms with E-state index in [2.05, 4.69) is 14.7 Å². The SMILES string of the molecule is Cc1c(S(=O)(=O)NC2CCN(C)CC2)c(N)nn1C. The van der Waals surface area contributed by atoms with E-state index < -0.39 is 10.0 Å². The van der Waals surface area contributed by atoms with Gasteiger partial charge < -0.3 is 10.6 Å². The highest BCUT2D eigenvalue weighted by Crippen LogP contribution is 2.22. The minimum absolute atomic E-state index is 0.0276. The number of hydrogen-bond donors (Lipinski definition) is 2. The number of nitrogens with zero attached hydrogens (tertiary/aromatic N) is 3. The van der Waals surface area contributed by atoms with Crippen molar-refractivity contribution in [3.63, 3.8) is 0 Å². The molecule has 108 valence electrons. The van der Waals surface area contributed by atoms with Crippen LogP contribution >= 0.6 is 0 Å². The topological polar surface area (TPSA) is 93.2 Å². The number of nitrogens with two attached hydrogens (primary N) is 1. The molecule has 1 aliphatic rings. The number of nitrogens with one attached hydrogen (secondary N) is 1. The standard InChI is InChI=1S/C11H21N5O2S/c1-8-10(11(12)13-16(8)3)19(17,18)14-9-4-6-15(2)7-5-9/h9,14H,4-7H2,1-3H3,(H2,12,13). The van der Waals surface area contributed by atoms with E-state index in [1.54, 1.807) is 14.0 Å². The van der Waals surface area contributed by atoms with Crippen LogP contribution in [0.25, 0.3) is 0 Å². The summed E-state index contributed by atoms with van der Waals surface area (Å²) in [5.74, 6) is 0.0560. The molecule has 19 heavy (non-hydrogen) atoms. The molecule has 0 bridgehead atoms. The van der Waals surface area contributed by atoms with E-state index in [1.165, 1.54) is 4.68 Å². The van der Waals surface area contributed by atoms with Crippen LogP contribution in [0.15, 0.2) is 4.90 Å². The normalized spacial score (nSPS) is 18.9. The average molecular weight is 287 g/mol. The van der Waals surface area contributed by atoms with Gasteiger partial charge in [0.15, 0.2) is 5.82 Å². The van der Waals surface area contributed by atoms with Crippen molar-refractivity contribution in [2.75, 3.05) is 25.9 Å². The van der Waals surface area contributed by atoms with E-state index in [1.807, 2.05) is 7.05 Å². The van der Waals surface area contributed by atoms with Crippen molar-refractivity contribution in [3.8, 4) is 0 Å². The van der Waals surface area contributed by atoms with Gasteiger partial charge in [0.1, 0.15) is 4.90 Å². The third kappa shape index (κ3) is 2.90. The minimum Gasteiger partial charge on any atom is -0.381 e. The second-order valence-corrected chi connectivity index (χ2v) is 6.77. The molecular weight excluding hydrogens is 266 g/mol. The van der Waals surface area contributed by atoms with Crippen LogP contribution in [0.4, 0.5) is 5.82 Å². The highest BCUT2D eigenvalue weighted by molar-refractivity contribution is 7.89. The first-order valence-corrected chi connectivity index (χ1v) is 7.79. The Kier molecular flexibility index (Phi) is 3.84. The first-order chi connectivity index (χ1) is 8.81. The average Bonchev–Trinajstić information content (AvgIpc) is 2.56. The van der Waals surface area contributed by atoms with Crippen molar-refractivity contribution in [2.45, 2.75) is 30.7 Å². The van der Waals surface area contributed by atoms with Gasteiger partial charge in [-0.05, 0) is 39.9 Å². The van der Waals surface area contributed by atoms with Gasteiger partial charge in [-0.25, -0.2) is 13.1 Å². The number of aromatic nitrogens is 2. The van der Waals surface area contributed by atoms with Crippen LogP contribution in [0.2, 0.25) is 0 Å². The van der Waals surface area contributed by atoms with Gasteiger partial charge in [0, 0.05) is 13.1 Å². The summed E-state index contributed by atoms with van der Waals surface area (Å²) in [4.78, 5) is 2.29. The van der Waals surface area contributed by atoms with Crippen molar-refractivity contribution in [1.29, 1.82) is 0 Å². The van der Waals surface area contributed by atoms with E-state index in [-0.39, 0.29) is 16.8 Å². The maximum atomic E-state index is 12.4. The zero-order valence-electron chi connectivity index (χ0n) is 11.5. The molecule has 0 radical (unpaired) electrons. The number of aryl methyl sites for hydroxylation is 1. The predicted molar refractivity (Wildman–Crippen MR) is 73.2 cm³/mol. The number of hydrogen-bond acceptors (Lipinski definition) is 5. The summed E-state index contributed by atoms with van der Waals surface area (Å²) in [5.41, 5.74) is 6.25. The molecule has 0 unspecified atom stereocenters. The van der Waals surface area contributed by atoms with Crippen molar-refractivity contribution >= 4 is 15.8 Å². The number of piperidine rings is 1. The molecule has 0 spiro atoms. The number of rotatable bonds is 3. The summed E-state index contributed by atoms with van der Waals surface area (Å²) in [6.07, 6.45) is 1.63. The summed E-state index contributed by atoms with van der Waals surface area (Å²) < 4.78 is 29.0. The Bertz CT molecular complexity index is 558. The lowest BCUT2D eigenvalue weighted by Gasteiger charge is -2.29. The molecule has 7 nitrogen and oxygen atoms in total. The maximum absolute atomic E-state index is 12.4. The molecule has 1 aromatic rings. The molecule has 1 aliphatic heterocycles. The van der Waals surface area contributed by atoms with Crippen molar-refractivity contribution in [1.82, 2.24) is 19.4 Å². The Morgan fingerprint density at radius 2 is 1.89 bits per heavy atom. The van der Waals surface area contributed by atoms with Crippen molar-refractivity contribution in [3.05, 3.63) is 5.69 Å². The van der Waals surface area contributed by atoms with Gasteiger partial charge in [-0.2, -0.15) is 5.10 Å². The Labute approximate surface area is 113 Å². The molecule has 0 saturated carbocycles. The van der Waals surface area contributed by atoms with E-state index in [4.69, 9.17) is 5.73 Å². The molecule has 0 aromatic carbocycles. The summed E-state index contributed by atoms with van der Waals surface area (Å²) in [6, 6.07) is -0.0276. The highest BCUT2D eigenvalue weighted by Gasteiger charge is 2.28. The molecule has 2 rings (SSSR count). The van der Waals surface area contributed by atoms with E-state index in [9.17, 15) is 8.42 Å². The van der Waals surface area contributed by atoms with Gasteiger partial charge in [-0.1, -0.05) is 0 Å². The smallest absolute Gasteiger partial charge is 0.246 e. The Balaban J connectivity index is 2.19. The Hall–Kier alpha value is -1.12. The lowest BCUT2D eigenvalue weighted by atomic mass is 10.1. The Morgan fingerprint density at radius 1 is 1.32 bits per heavy atom. The van der Waals surface area contributed by atoms with Gasteiger partial charge in [0.25, 0.3) is 0 Å². The molecule has 1 fully saturated rings. The van der Waals surface area contributed by atoms with Gasteiger partial charge >= 0.3 is 0 Å². The van der Waals surface area contributed by atoms with Crippen LogP contribution < -0.4 is 10.5 Å². The first-order valence-electron chi connectivity index (χ1n) is 6.31. The van der Waals surface area contributed by atoms with Crippen LogP contribution in [0.3, 0.4) is 0 Å².